The molecular weight excluding hydrogens is 398 g/mol. The number of nitrogens with zero attached hydrogens (tertiary/aromatic N) is 2. The van der Waals surface area contributed by atoms with Crippen molar-refractivity contribution in [3.05, 3.63) is 95.6 Å². The van der Waals surface area contributed by atoms with E-state index in [-0.39, 0.29) is 17.9 Å². The topological polar surface area (TPSA) is 56.4 Å². The van der Waals surface area contributed by atoms with Crippen molar-refractivity contribution in [3.8, 4) is 11.3 Å². The number of hydrogen-bond acceptors (Lipinski definition) is 2. The van der Waals surface area contributed by atoms with Gasteiger partial charge in [-0.05, 0) is 30.2 Å². The van der Waals surface area contributed by atoms with Crippen LogP contribution in [0.1, 0.15) is 34.5 Å². The van der Waals surface area contributed by atoms with Crippen molar-refractivity contribution in [1.29, 1.82) is 0 Å². The molecule has 1 aromatic heterocycles. The number of nitrogens with one attached hydrogen (secondary N) is 1. The maximum atomic E-state index is 13.6. The maximum Gasteiger partial charge on any atom is 0.255 e. The van der Waals surface area contributed by atoms with E-state index in [1.807, 2.05) is 67.6 Å². The van der Waals surface area contributed by atoms with Crippen LogP contribution >= 0.6 is 0 Å². The zero-order chi connectivity index (χ0) is 22.4. The molecule has 5 heteroatoms. The number of fused-ring (bicyclic) bond motifs is 2. The maximum absolute atomic E-state index is 13.6. The fraction of sp³-hybridized carbons (Fsp3) is 0.185. The van der Waals surface area contributed by atoms with Gasteiger partial charge in [0.2, 0.25) is 5.91 Å². The van der Waals surface area contributed by atoms with Crippen LogP contribution in [-0.4, -0.2) is 46.7 Å². The van der Waals surface area contributed by atoms with Gasteiger partial charge in [-0.25, -0.2) is 0 Å². The van der Waals surface area contributed by atoms with E-state index >= 15 is 0 Å². The van der Waals surface area contributed by atoms with Crippen LogP contribution in [0.4, 0.5) is 0 Å². The Hall–Kier alpha value is -3.86. The lowest BCUT2D eigenvalue weighted by atomic mass is 9.92. The second-order valence-corrected chi connectivity index (χ2v) is 8.44. The Morgan fingerprint density at radius 2 is 1.59 bits per heavy atom. The van der Waals surface area contributed by atoms with Gasteiger partial charge in [-0.3, -0.25) is 9.59 Å². The summed E-state index contributed by atoms with van der Waals surface area (Å²) in [5.74, 6) is -0.213. The van der Waals surface area contributed by atoms with Crippen LogP contribution in [0.25, 0.3) is 22.2 Å². The third-order valence-corrected chi connectivity index (χ3v) is 6.30. The number of hydrogen-bond donors (Lipinski definition) is 1. The molecule has 1 aliphatic rings. The molecule has 4 aromatic rings. The highest BCUT2D eigenvalue weighted by Gasteiger charge is 2.44. The fourth-order valence-corrected chi connectivity index (χ4v) is 4.80. The number of amides is 2. The van der Waals surface area contributed by atoms with E-state index in [9.17, 15) is 9.59 Å². The lowest BCUT2D eigenvalue weighted by Gasteiger charge is -2.32. The van der Waals surface area contributed by atoms with Crippen molar-refractivity contribution >= 4 is 22.7 Å². The largest absolute Gasteiger partial charge is 0.354 e. The van der Waals surface area contributed by atoms with E-state index in [4.69, 9.17) is 0 Å². The van der Waals surface area contributed by atoms with Gasteiger partial charge in [0.05, 0.1) is 11.7 Å². The van der Waals surface area contributed by atoms with Crippen molar-refractivity contribution < 1.29 is 9.59 Å². The lowest BCUT2D eigenvalue weighted by molar-refractivity contribution is -0.133. The van der Waals surface area contributed by atoms with Gasteiger partial charge in [-0.2, -0.15) is 0 Å². The summed E-state index contributed by atoms with van der Waals surface area (Å²) >= 11 is 0. The number of para-hydroxylation sites is 1. The van der Waals surface area contributed by atoms with Crippen LogP contribution < -0.4 is 0 Å². The number of carbonyl (C=O) groups is 2. The summed E-state index contributed by atoms with van der Waals surface area (Å²) < 4.78 is 0. The summed E-state index contributed by atoms with van der Waals surface area (Å²) in [6.45, 7) is 1.82. The minimum Gasteiger partial charge on any atom is -0.354 e. The summed E-state index contributed by atoms with van der Waals surface area (Å²) in [6, 6.07) is 25.0. The van der Waals surface area contributed by atoms with Gasteiger partial charge in [0.15, 0.2) is 0 Å². The van der Waals surface area contributed by atoms with Crippen molar-refractivity contribution in [2.24, 2.45) is 0 Å². The van der Waals surface area contributed by atoms with E-state index < -0.39 is 6.04 Å². The number of aromatic amines is 1. The quantitative estimate of drug-likeness (QED) is 0.510. The highest BCUT2D eigenvalue weighted by atomic mass is 16.2. The third-order valence-electron chi connectivity index (χ3n) is 6.30. The summed E-state index contributed by atoms with van der Waals surface area (Å²) in [7, 11) is 3.45. The molecule has 0 unspecified atom stereocenters. The molecule has 0 spiro atoms. The number of rotatable bonds is 4. The first-order chi connectivity index (χ1) is 15.5. The standard InChI is InChI=1S/C27H25N3O2/c1-17(26(31)29(2)3)30-25(19-13-7-8-14-20(19)27(30)32)23-21-15-9-10-16-22(21)28-24(23)18-11-5-4-6-12-18/h4-17,25,28H,1-3H3/t17-,25+/m1/s1. The Labute approximate surface area is 187 Å². The monoisotopic (exact) mass is 423 g/mol. The number of H-pyrrole nitrogens is 1. The Morgan fingerprint density at radius 1 is 0.938 bits per heavy atom. The smallest absolute Gasteiger partial charge is 0.255 e. The van der Waals surface area contributed by atoms with E-state index in [0.717, 1.165) is 33.3 Å². The zero-order valence-electron chi connectivity index (χ0n) is 18.4. The number of benzene rings is 3. The molecule has 2 heterocycles. The Morgan fingerprint density at radius 3 is 2.34 bits per heavy atom. The summed E-state index contributed by atoms with van der Waals surface area (Å²) in [5, 5.41) is 1.05. The van der Waals surface area contributed by atoms with Crippen LogP contribution in [0.3, 0.4) is 0 Å². The molecule has 0 saturated carbocycles. The van der Waals surface area contributed by atoms with Crippen LogP contribution in [-0.2, 0) is 4.79 Å². The molecule has 160 valence electrons. The molecule has 2 amide bonds. The SMILES string of the molecule is C[C@H](C(=O)N(C)C)N1C(=O)c2ccccc2[C@H]1c1c(-c2ccccc2)[nH]c2ccccc12. The van der Waals surface area contributed by atoms with E-state index in [0.29, 0.717) is 5.56 Å². The minimum absolute atomic E-state index is 0.0998. The molecule has 2 atom stereocenters. The first-order valence-corrected chi connectivity index (χ1v) is 10.8. The Bertz CT molecular complexity index is 1320. The molecule has 1 aliphatic heterocycles. The molecular formula is C27H25N3O2. The average Bonchev–Trinajstić information content (AvgIpc) is 3.34. The molecule has 0 aliphatic carbocycles. The summed E-state index contributed by atoms with van der Waals surface area (Å²) in [5.41, 5.74) is 5.61. The van der Waals surface area contributed by atoms with Crippen molar-refractivity contribution in [2.75, 3.05) is 14.1 Å². The minimum atomic E-state index is -0.604. The molecule has 1 N–H and O–H groups in total. The van der Waals surface area contributed by atoms with Crippen LogP contribution in [0.15, 0.2) is 78.9 Å². The number of aromatic nitrogens is 1. The highest BCUT2D eigenvalue weighted by Crippen LogP contribution is 2.46. The fourth-order valence-electron chi connectivity index (χ4n) is 4.80. The van der Waals surface area contributed by atoms with Crippen molar-refractivity contribution in [2.45, 2.75) is 19.0 Å². The lowest BCUT2D eigenvalue weighted by Crippen LogP contribution is -2.46. The molecule has 0 bridgehead atoms. The number of likely N-dealkylation sites (N-methyl/N-ethyl adjacent to an activating group) is 1. The zero-order valence-corrected chi connectivity index (χ0v) is 18.4. The molecule has 0 fully saturated rings. The molecule has 0 radical (unpaired) electrons. The molecule has 5 rings (SSSR count). The van der Waals surface area contributed by atoms with Crippen molar-refractivity contribution in [1.82, 2.24) is 14.8 Å². The molecule has 0 saturated heterocycles. The molecule has 32 heavy (non-hydrogen) atoms. The third kappa shape index (κ3) is 3.01. The van der Waals surface area contributed by atoms with Crippen LogP contribution in [0.5, 0.6) is 0 Å². The second kappa shape index (κ2) is 7.68. The van der Waals surface area contributed by atoms with Gasteiger partial charge in [0, 0.05) is 36.1 Å². The van der Waals surface area contributed by atoms with Gasteiger partial charge in [0.1, 0.15) is 6.04 Å². The van der Waals surface area contributed by atoms with E-state index in [2.05, 4.69) is 23.2 Å². The Kier molecular flexibility index (Phi) is 4.82. The predicted octanol–water partition coefficient (Wildman–Crippen LogP) is 4.86. The van der Waals surface area contributed by atoms with Gasteiger partial charge in [0.25, 0.3) is 5.91 Å². The van der Waals surface area contributed by atoms with Gasteiger partial charge < -0.3 is 14.8 Å². The van der Waals surface area contributed by atoms with E-state index in [1.54, 1.807) is 23.9 Å². The first-order valence-electron chi connectivity index (χ1n) is 10.8. The van der Waals surface area contributed by atoms with E-state index in [1.165, 1.54) is 0 Å². The number of carbonyl (C=O) groups excluding carboxylic acids is 2. The second-order valence-electron chi connectivity index (χ2n) is 8.44. The normalized spacial score (nSPS) is 16.3. The predicted molar refractivity (Wildman–Crippen MR) is 126 cm³/mol. The van der Waals surface area contributed by atoms with Crippen LogP contribution in [0, 0.1) is 0 Å². The average molecular weight is 424 g/mol. The Balaban J connectivity index is 1.80. The molecule has 5 nitrogen and oxygen atoms in total. The van der Waals surface area contributed by atoms with Gasteiger partial charge in [-0.15, -0.1) is 0 Å². The molecule has 3 aromatic carbocycles. The van der Waals surface area contributed by atoms with Crippen molar-refractivity contribution in [3.63, 3.8) is 0 Å². The highest BCUT2D eigenvalue weighted by molar-refractivity contribution is 6.04. The van der Waals surface area contributed by atoms with Gasteiger partial charge in [-0.1, -0.05) is 66.7 Å². The van der Waals surface area contributed by atoms with Gasteiger partial charge >= 0.3 is 0 Å². The summed E-state index contributed by atoms with van der Waals surface area (Å²) in [4.78, 5) is 33.5. The van der Waals surface area contributed by atoms with Crippen LogP contribution in [0.2, 0.25) is 0 Å². The first kappa shape index (κ1) is 20.1. The summed E-state index contributed by atoms with van der Waals surface area (Å²) in [6.07, 6.45) is 0.